The van der Waals surface area contributed by atoms with Gasteiger partial charge in [0, 0.05) is 43.0 Å². The molecule has 3 unspecified atom stereocenters. The molecule has 0 aliphatic carbocycles. The van der Waals surface area contributed by atoms with Crippen molar-refractivity contribution in [1.82, 2.24) is 62.6 Å². The number of hydrogen-bond acceptors (Lipinski definition) is 15. The predicted octanol–water partition coefficient (Wildman–Crippen LogP) is -2.63. The molecule has 444 valence electrons. The molecular weight excluding hydrogens is 1100 g/mol. The number of aliphatic hydroxyl groups excluding tert-OH is 2. The van der Waals surface area contributed by atoms with Gasteiger partial charge >= 0.3 is 30.2 Å². The number of imide groups is 3. The first-order valence-electron chi connectivity index (χ1n) is 25.5. The number of nitrogens with one attached hydrogen (secondary N) is 10. The van der Waals surface area contributed by atoms with E-state index in [1.165, 1.54) is 6.92 Å². The fourth-order valence-electron chi connectivity index (χ4n) is 9.02. The fourth-order valence-corrected chi connectivity index (χ4v) is 9.02. The maximum atomic E-state index is 13.8. The van der Waals surface area contributed by atoms with Gasteiger partial charge in [-0.3, -0.25) is 59.1 Å². The molecule has 5 rings (SSSR count). The van der Waals surface area contributed by atoms with Crippen molar-refractivity contribution < 1.29 is 90.8 Å². The van der Waals surface area contributed by atoms with E-state index in [-0.39, 0.29) is 57.2 Å². The molecule has 2 aliphatic rings. The van der Waals surface area contributed by atoms with Crippen LogP contribution in [0, 0.1) is 0 Å². The number of aromatic nitrogens is 1. The fraction of sp³-hybridized carbons (Fsp3) is 0.460. The van der Waals surface area contributed by atoms with Crippen molar-refractivity contribution in [3.63, 3.8) is 0 Å². The number of urea groups is 3. The van der Waals surface area contributed by atoms with Gasteiger partial charge in [0.25, 0.3) is 5.91 Å². The Kier molecular flexibility index (Phi) is 22.3. The Morgan fingerprint density at radius 2 is 1.35 bits per heavy atom. The lowest BCUT2D eigenvalue weighted by Crippen LogP contribution is -2.61. The summed E-state index contributed by atoms with van der Waals surface area (Å²) in [4.78, 5) is 174. The van der Waals surface area contributed by atoms with Gasteiger partial charge in [-0.1, -0.05) is 30.3 Å². The SMILES string of the molecule is C[C@H](NC(=O)C[C@H](NC(=O)NC(=O)NC(=O)CCc1c[nH]c2ccccc12)C(=O)N1CCC[C@H]1C(=O)O)C(=O)N1CCCC1C(=O)NCC(=O)NC(Cc1ccc(C(F)(F)F)cc1)C(=O)NC(C(=O)N[C@@H](CO)C(=O)NC(N)=O)[C@@H](C)O. The Morgan fingerprint density at radius 3 is 1.98 bits per heavy atom. The highest BCUT2D eigenvalue weighted by atomic mass is 19.4. The highest BCUT2D eigenvalue weighted by Crippen LogP contribution is 2.29. The molecule has 2 saturated heterocycles. The first-order chi connectivity index (χ1) is 38.7. The van der Waals surface area contributed by atoms with Crippen molar-refractivity contribution in [3.8, 4) is 0 Å². The number of para-hydroxylation sites is 1. The van der Waals surface area contributed by atoms with Crippen molar-refractivity contribution in [2.45, 2.75) is 120 Å². The number of carbonyl (C=O) groups is 13. The molecular formula is C50H62F3N13O16. The minimum atomic E-state index is -4.74. The second-order valence-corrected chi connectivity index (χ2v) is 19.2. The molecule has 2 aromatic carbocycles. The Balaban J connectivity index is 1.20. The van der Waals surface area contributed by atoms with Crippen LogP contribution >= 0.6 is 0 Å². The molecule has 2 fully saturated rings. The number of aliphatic hydroxyl groups is 2. The van der Waals surface area contributed by atoms with E-state index in [4.69, 9.17) is 5.73 Å². The molecule has 15 N–H and O–H groups in total. The number of fused-ring (bicyclic) bond motifs is 1. The third-order valence-corrected chi connectivity index (χ3v) is 13.1. The van der Waals surface area contributed by atoms with Crippen molar-refractivity contribution in [2.24, 2.45) is 5.73 Å². The summed E-state index contributed by atoms with van der Waals surface area (Å²) in [5.74, 6) is -10.8. The van der Waals surface area contributed by atoms with E-state index < -0.39 is 163 Å². The number of amides is 15. The minimum absolute atomic E-state index is 0.0342. The van der Waals surface area contributed by atoms with Crippen molar-refractivity contribution in [1.29, 1.82) is 0 Å². The topological polar surface area (TPSA) is 439 Å². The van der Waals surface area contributed by atoms with Crippen molar-refractivity contribution >= 4 is 88.1 Å². The summed E-state index contributed by atoms with van der Waals surface area (Å²) in [5.41, 5.74) is 5.52. The maximum absolute atomic E-state index is 13.8. The van der Waals surface area contributed by atoms with Crippen LogP contribution in [0.15, 0.2) is 54.7 Å². The Labute approximate surface area is 463 Å². The number of aliphatic carboxylic acids is 1. The molecule has 1 aromatic heterocycles. The zero-order chi connectivity index (χ0) is 60.6. The monoisotopic (exact) mass is 1160 g/mol. The van der Waals surface area contributed by atoms with Gasteiger partial charge in [-0.2, -0.15) is 13.2 Å². The molecule has 0 saturated carbocycles. The number of benzene rings is 2. The van der Waals surface area contributed by atoms with Crippen LogP contribution in [0.3, 0.4) is 0 Å². The molecule has 8 atom stereocenters. The number of halogens is 3. The Hall–Kier alpha value is -9.20. The lowest BCUT2D eigenvalue weighted by Gasteiger charge is -2.29. The minimum Gasteiger partial charge on any atom is -0.480 e. The number of hydrogen-bond donors (Lipinski definition) is 14. The molecule has 82 heavy (non-hydrogen) atoms. The zero-order valence-corrected chi connectivity index (χ0v) is 44.1. The van der Waals surface area contributed by atoms with Crippen molar-refractivity contribution in [2.75, 3.05) is 26.2 Å². The Bertz CT molecular complexity index is 2920. The first-order valence-corrected chi connectivity index (χ1v) is 25.5. The third kappa shape index (κ3) is 17.9. The van der Waals surface area contributed by atoms with Gasteiger partial charge in [0.1, 0.15) is 42.3 Å². The van der Waals surface area contributed by atoms with Crippen LogP contribution < -0.4 is 53.6 Å². The smallest absolute Gasteiger partial charge is 0.416 e. The summed E-state index contributed by atoms with van der Waals surface area (Å²) in [6.45, 7) is 0.201. The normalized spacial score (nSPS) is 17.1. The molecule has 3 heterocycles. The number of rotatable bonds is 23. The number of carbonyl (C=O) groups excluding carboxylic acids is 12. The number of aromatic amines is 1. The van der Waals surface area contributed by atoms with Gasteiger partial charge in [-0.25, -0.2) is 19.2 Å². The quantitative estimate of drug-likeness (QED) is 0.0462. The van der Waals surface area contributed by atoms with Gasteiger partial charge in [-0.05, 0) is 75.3 Å². The zero-order valence-electron chi connectivity index (χ0n) is 44.1. The van der Waals surface area contributed by atoms with Crippen LogP contribution in [0.5, 0.6) is 0 Å². The van der Waals surface area contributed by atoms with Crippen LogP contribution in [0.2, 0.25) is 0 Å². The first kappa shape index (κ1) is 63.6. The summed E-state index contributed by atoms with van der Waals surface area (Å²) < 4.78 is 40.0. The molecule has 0 radical (unpaired) electrons. The number of carboxylic acid groups (broad SMARTS) is 1. The van der Waals surface area contributed by atoms with E-state index in [0.29, 0.717) is 12.1 Å². The average molecular weight is 1160 g/mol. The van der Waals surface area contributed by atoms with Gasteiger partial charge in [0.15, 0.2) is 0 Å². The lowest BCUT2D eigenvalue weighted by molar-refractivity contribution is -0.149. The molecule has 2 aliphatic heterocycles. The van der Waals surface area contributed by atoms with E-state index in [1.54, 1.807) is 11.5 Å². The molecule has 15 amide bonds. The number of carboxylic acids is 1. The average Bonchev–Trinajstić information content (AvgIpc) is 4.38. The van der Waals surface area contributed by atoms with Crippen LogP contribution in [0.1, 0.15) is 69.1 Å². The molecule has 3 aromatic rings. The van der Waals surface area contributed by atoms with E-state index in [0.717, 1.165) is 45.3 Å². The summed E-state index contributed by atoms with van der Waals surface area (Å²) in [7, 11) is 0. The van der Waals surface area contributed by atoms with Crippen molar-refractivity contribution in [3.05, 3.63) is 71.4 Å². The van der Waals surface area contributed by atoms with E-state index in [9.17, 15) is 90.8 Å². The highest BCUT2D eigenvalue weighted by molar-refractivity contribution is 6.04. The molecule has 32 heteroatoms. The van der Waals surface area contributed by atoms with Gasteiger partial charge in [0.05, 0.1) is 31.2 Å². The number of alkyl halides is 3. The number of likely N-dealkylation sites (tertiary alicyclic amines) is 2. The highest BCUT2D eigenvalue weighted by Gasteiger charge is 2.41. The van der Waals surface area contributed by atoms with E-state index in [1.807, 2.05) is 40.2 Å². The number of nitrogens with zero attached hydrogens (tertiary/aromatic N) is 2. The molecule has 29 nitrogen and oxygen atoms in total. The standard InChI is InChI=1S/C50H62F3N13O16/c1-24(57-37(70)20-32(45(77)66-18-6-10-35(66)46(78)79)60-48(81)64-49(82)61-36(69)16-13-27-21-55-30-8-4-3-7-29(27)30)44(76)65-17-5-9-34(65)42(74)56-22-38(71)58-31(19-26-11-14-28(15-12-26)50(51,52)53)40(72)62-39(25(2)68)43(75)59-33(23-67)41(73)63-47(54)80/h3-4,7-8,11-12,14-15,21,24-25,31-35,39,55,67-68H,5-6,9-10,13,16-20,22-23H2,1-2H3,(H,56,74)(H,57,70)(H,58,71)(H,59,75)(H,62,72)(H,78,79)(H3,54,63,73,80)(H3,60,61,64,69,81,82)/t24-,25+,31?,32-,33-,34?,35-,39?/m0/s1. The van der Waals surface area contributed by atoms with E-state index >= 15 is 0 Å². The summed E-state index contributed by atoms with van der Waals surface area (Å²) in [6.07, 6.45) is -5.55. The summed E-state index contributed by atoms with van der Waals surface area (Å²) in [5, 5.41) is 49.4. The van der Waals surface area contributed by atoms with Gasteiger partial charge in [0.2, 0.25) is 47.3 Å². The van der Waals surface area contributed by atoms with Gasteiger partial charge < -0.3 is 67.7 Å². The van der Waals surface area contributed by atoms with Crippen LogP contribution in [-0.2, 0) is 67.0 Å². The van der Waals surface area contributed by atoms with Crippen LogP contribution in [0.25, 0.3) is 10.9 Å². The Morgan fingerprint density at radius 1 is 0.707 bits per heavy atom. The second kappa shape index (κ2) is 28.8. The third-order valence-electron chi connectivity index (χ3n) is 13.1. The number of aryl methyl sites for hydroxylation is 1. The second-order valence-electron chi connectivity index (χ2n) is 19.2. The van der Waals surface area contributed by atoms with E-state index in [2.05, 4.69) is 31.6 Å². The number of primary amides is 1. The van der Waals surface area contributed by atoms with Crippen LogP contribution in [-0.4, -0.2) is 182 Å². The van der Waals surface area contributed by atoms with Crippen LogP contribution in [0.4, 0.5) is 27.6 Å². The number of H-pyrrole nitrogens is 1. The molecule has 0 spiro atoms. The maximum Gasteiger partial charge on any atom is 0.416 e. The summed E-state index contributed by atoms with van der Waals surface area (Å²) in [6, 6.07) is -4.57. The lowest BCUT2D eigenvalue weighted by atomic mass is 10.0. The largest absolute Gasteiger partial charge is 0.480 e. The molecule has 0 bridgehead atoms. The van der Waals surface area contributed by atoms with Gasteiger partial charge in [-0.15, -0.1) is 0 Å². The predicted molar refractivity (Wildman–Crippen MR) is 275 cm³/mol. The summed E-state index contributed by atoms with van der Waals surface area (Å²) >= 11 is 0. The number of nitrogens with two attached hydrogens (primary N) is 1.